The Kier molecular flexibility index (Phi) is 6.75. The highest BCUT2D eigenvalue weighted by atomic mass is 16.6. The summed E-state index contributed by atoms with van der Waals surface area (Å²) in [5.41, 5.74) is -8.63. The molecule has 1 fully saturated rings. The Morgan fingerprint density at radius 3 is 2.17 bits per heavy atom. The van der Waals surface area contributed by atoms with Gasteiger partial charge in [0, 0.05) is 31.6 Å². The lowest BCUT2D eigenvalue weighted by Gasteiger charge is -2.57. The lowest BCUT2D eigenvalue weighted by molar-refractivity contribution is -0.260. The van der Waals surface area contributed by atoms with Crippen molar-refractivity contribution in [3.05, 3.63) is 23.8 Å². The van der Waals surface area contributed by atoms with Crippen LogP contribution in [-0.4, -0.2) is 90.8 Å². The molecule has 2 aliphatic carbocycles. The molecule has 0 aromatic rings. The van der Waals surface area contributed by atoms with E-state index in [0.29, 0.717) is 5.57 Å². The average molecular weight is 499 g/mol. The molecule has 5 N–H and O–H groups in total. The Bertz CT molecular complexity index is 967. The molecule has 11 heteroatoms. The number of carbonyl (C=O) groups excluding carboxylic acids is 3. The molecule has 10 atom stereocenters. The summed E-state index contributed by atoms with van der Waals surface area (Å²) in [6.45, 7) is 7.47. The standard InChI is InChI=1S/C24H34O11/c1-11-9-14(33-12(2)25)18(28)21(4)8-7-15(27)22(5,30)17(21)19(34-13(3)26)24(32)16(10-11)35-20(29)23(24,6)31/h7-8,10,14-19,27-28,30-32H,9H2,1-6H3. The van der Waals surface area contributed by atoms with Gasteiger partial charge in [0.05, 0.1) is 5.60 Å². The molecule has 0 aromatic heterocycles. The second-order valence-corrected chi connectivity index (χ2v) is 10.4. The number of fused-ring (bicyclic) bond motifs is 2. The van der Waals surface area contributed by atoms with Gasteiger partial charge in [-0.05, 0) is 26.8 Å². The third kappa shape index (κ3) is 4.09. The van der Waals surface area contributed by atoms with Gasteiger partial charge in [-0.1, -0.05) is 24.6 Å². The van der Waals surface area contributed by atoms with E-state index in [1.165, 1.54) is 32.1 Å². The second kappa shape index (κ2) is 8.67. The number of carbonyl (C=O) groups is 3. The van der Waals surface area contributed by atoms with Gasteiger partial charge < -0.3 is 39.7 Å². The van der Waals surface area contributed by atoms with Gasteiger partial charge in [0.2, 0.25) is 0 Å². The molecule has 196 valence electrons. The van der Waals surface area contributed by atoms with Crippen LogP contribution in [0.1, 0.15) is 48.0 Å². The van der Waals surface area contributed by atoms with E-state index in [-0.39, 0.29) is 6.42 Å². The molecule has 35 heavy (non-hydrogen) atoms. The molecule has 10 unspecified atom stereocenters. The first-order valence-electron chi connectivity index (χ1n) is 11.4. The number of hydrogen-bond acceptors (Lipinski definition) is 11. The van der Waals surface area contributed by atoms with Crippen molar-refractivity contribution in [1.29, 1.82) is 0 Å². The molecule has 3 aliphatic rings. The molecular formula is C24H34O11. The van der Waals surface area contributed by atoms with Crippen LogP contribution in [0.4, 0.5) is 0 Å². The fourth-order valence-corrected chi connectivity index (χ4v) is 5.75. The first kappa shape index (κ1) is 27.3. The summed E-state index contributed by atoms with van der Waals surface area (Å²) in [6, 6.07) is 0. The fourth-order valence-electron chi connectivity index (χ4n) is 5.75. The van der Waals surface area contributed by atoms with Crippen LogP contribution in [0.25, 0.3) is 0 Å². The largest absolute Gasteiger partial charge is 0.459 e. The van der Waals surface area contributed by atoms with E-state index in [4.69, 9.17) is 14.2 Å². The molecule has 11 nitrogen and oxygen atoms in total. The highest BCUT2D eigenvalue weighted by molar-refractivity contribution is 5.84. The summed E-state index contributed by atoms with van der Waals surface area (Å²) in [5.74, 6) is -4.35. The van der Waals surface area contributed by atoms with Crippen LogP contribution < -0.4 is 0 Å². The molecule has 0 aromatic carbocycles. The van der Waals surface area contributed by atoms with Crippen molar-refractivity contribution in [3.8, 4) is 0 Å². The molecule has 1 saturated heterocycles. The van der Waals surface area contributed by atoms with Gasteiger partial charge in [-0.15, -0.1) is 0 Å². The Balaban J connectivity index is 2.41. The molecule has 0 spiro atoms. The number of rotatable bonds is 2. The Labute approximate surface area is 203 Å². The first-order valence-corrected chi connectivity index (χ1v) is 11.4. The Morgan fingerprint density at radius 1 is 1.06 bits per heavy atom. The molecular weight excluding hydrogens is 464 g/mol. The summed E-state index contributed by atoms with van der Waals surface area (Å²) in [7, 11) is 0. The van der Waals surface area contributed by atoms with Gasteiger partial charge in [-0.3, -0.25) is 9.59 Å². The monoisotopic (exact) mass is 498 g/mol. The summed E-state index contributed by atoms with van der Waals surface area (Å²) in [6.07, 6.45) is -3.82. The molecule has 0 saturated carbocycles. The molecule has 3 rings (SSSR count). The van der Waals surface area contributed by atoms with Crippen LogP contribution in [0.15, 0.2) is 23.8 Å². The lowest BCUT2D eigenvalue weighted by atomic mass is 9.54. The predicted octanol–water partition coefficient (Wildman–Crippen LogP) is -0.728. The molecule has 1 aliphatic heterocycles. The van der Waals surface area contributed by atoms with Gasteiger partial charge in [0.25, 0.3) is 0 Å². The minimum absolute atomic E-state index is 0.0495. The second-order valence-electron chi connectivity index (χ2n) is 10.4. The van der Waals surface area contributed by atoms with Crippen LogP contribution in [-0.2, 0) is 28.6 Å². The highest BCUT2D eigenvalue weighted by Crippen LogP contribution is 2.55. The topological polar surface area (TPSA) is 180 Å². The lowest BCUT2D eigenvalue weighted by Crippen LogP contribution is -2.73. The van der Waals surface area contributed by atoms with Gasteiger partial charge in [-0.2, -0.15) is 0 Å². The van der Waals surface area contributed by atoms with Crippen LogP contribution in [0.2, 0.25) is 0 Å². The molecule has 0 amide bonds. The van der Waals surface area contributed by atoms with Gasteiger partial charge in [0.1, 0.15) is 24.4 Å². The Morgan fingerprint density at radius 2 is 1.63 bits per heavy atom. The van der Waals surface area contributed by atoms with E-state index in [2.05, 4.69) is 0 Å². The number of aliphatic hydroxyl groups is 5. The van der Waals surface area contributed by atoms with Crippen molar-refractivity contribution in [2.45, 2.75) is 95.3 Å². The van der Waals surface area contributed by atoms with Crippen LogP contribution >= 0.6 is 0 Å². The van der Waals surface area contributed by atoms with Crippen molar-refractivity contribution in [2.24, 2.45) is 11.3 Å². The number of esters is 3. The summed E-state index contributed by atoms with van der Waals surface area (Å²) in [4.78, 5) is 36.8. The third-order valence-corrected chi connectivity index (χ3v) is 7.68. The maximum atomic E-state index is 12.7. The van der Waals surface area contributed by atoms with Crippen molar-refractivity contribution >= 4 is 17.9 Å². The summed E-state index contributed by atoms with van der Waals surface area (Å²) >= 11 is 0. The molecule has 0 radical (unpaired) electrons. The van der Waals surface area contributed by atoms with Crippen molar-refractivity contribution in [2.75, 3.05) is 0 Å². The first-order chi connectivity index (χ1) is 15.9. The minimum Gasteiger partial charge on any atom is -0.459 e. The minimum atomic E-state index is -2.65. The smallest absolute Gasteiger partial charge is 0.341 e. The third-order valence-electron chi connectivity index (χ3n) is 7.68. The van der Waals surface area contributed by atoms with Crippen LogP contribution in [0.3, 0.4) is 0 Å². The Hall–Kier alpha value is -2.31. The van der Waals surface area contributed by atoms with E-state index in [9.17, 15) is 39.9 Å². The zero-order valence-electron chi connectivity index (χ0n) is 20.6. The average Bonchev–Trinajstić information content (AvgIpc) is 2.88. The zero-order valence-corrected chi connectivity index (χ0v) is 20.6. The SMILES string of the molecule is CC(=O)OC1CC(C)=CC2OC(=O)C(C)(O)C2(O)C(OC(C)=O)C2C(C)(O)C(O)C=CC2(C)C1O. The van der Waals surface area contributed by atoms with Crippen LogP contribution in [0, 0.1) is 11.3 Å². The number of aliphatic hydroxyl groups excluding tert-OH is 2. The number of hydrogen-bond donors (Lipinski definition) is 5. The molecule has 0 bridgehead atoms. The normalized spacial score (nSPS) is 47.6. The number of ether oxygens (including phenoxy) is 3. The fraction of sp³-hybridized carbons (Fsp3) is 0.708. The van der Waals surface area contributed by atoms with E-state index in [1.54, 1.807) is 6.92 Å². The van der Waals surface area contributed by atoms with Crippen molar-refractivity contribution < 1.29 is 54.1 Å². The van der Waals surface area contributed by atoms with E-state index in [1.807, 2.05) is 0 Å². The molecule has 1 heterocycles. The van der Waals surface area contributed by atoms with Gasteiger partial charge >= 0.3 is 17.9 Å². The van der Waals surface area contributed by atoms with E-state index < -0.39 is 76.6 Å². The van der Waals surface area contributed by atoms with Gasteiger partial charge in [0.15, 0.2) is 17.3 Å². The summed E-state index contributed by atoms with van der Waals surface area (Å²) < 4.78 is 16.2. The highest BCUT2D eigenvalue weighted by Gasteiger charge is 2.74. The van der Waals surface area contributed by atoms with E-state index >= 15 is 0 Å². The van der Waals surface area contributed by atoms with E-state index in [0.717, 1.165) is 20.8 Å². The predicted molar refractivity (Wildman–Crippen MR) is 118 cm³/mol. The van der Waals surface area contributed by atoms with Gasteiger partial charge in [-0.25, -0.2) is 4.79 Å². The summed E-state index contributed by atoms with van der Waals surface area (Å²) in [5, 5.41) is 57.0. The van der Waals surface area contributed by atoms with Crippen molar-refractivity contribution in [1.82, 2.24) is 0 Å². The van der Waals surface area contributed by atoms with Crippen LogP contribution in [0.5, 0.6) is 0 Å². The van der Waals surface area contributed by atoms with Crippen molar-refractivity contribution in [3.63, 3.8) is 0 Å². The zero-order chi connectivity index (χ0) is 26.7. The maximum Gasteiger partial charge on any atom is 0.341 e. The quantitative estimate of drug-likeness (QED) is 0.184. The maximum absolute atomic E-state index is 12.7.